The number of nitrogens with zero attached hydrogens (tertiary/aromatic N) is 1. The molecule has 1 aliphatic rings. The van der Waals surface area contributed by atoms with Crippen LogP contribution in [0.1, 0.15) is 10.4 Å². The van der Waals surface area contributed by atoms with E-state index in [9.17, 15) is 9.59 Å². The van der Waals surface area contributed by atoms with Crippen molar-refractivity contribution in [3.8, 4) is 0 Å². The van der Waals surface area contributed by atoms with Crippen LogP contribution in [0.4, 0.5) is 10.5 Å². The molecule has 1 heterocycles. The fraction of sp³-hybridized carbons (Fsp3) is 0.200. The first-order chi connectivity index (χ1) is 7.18. The van der Waals surface area contributed by atoms with Gasteiger partial charge in [0.15, 0.2) is 0 Å². The normalized spacial score (nSPS) is 15.2. The van der Waals surface area contributed by atoms with Crippen LogP contribution >= 0.6 is 0 Å². The van der Waals surface area contributed by atoms with E-state index in [-0.39, 0.29) is 0 Å². The number of cyclic esters (lactones) is 1. The van der Waals surface area contributed by atoms with Crippen LogP contribution in [0.15, 0.2) is 24.3 Å². The largest absolute Gasteiger partial charge is 0.447 e. The number of nitrogens with two attached hydrogens (primary N) is 1. The first-order valence-corrected chi connectivity index (χ1v) is 4.52. The van der Waals surface area contributed by atoms with Crippen LogP contribution < -0.4 is 10.6 Å². The highest BCUT2D eigenvalue weighted by Gasteiger charge is 2.23. The molecule has 15 heavy (non-hydrogen) atoms. The Morgan fingerprint density at radius 2 is 2.27 bits per heavy atom. The topological polar surface area (TPSA) is 72.6 Å². The molecule has 0 unspecified atom stereocenters. The number of carbonyl (C=O) groups is 2. The van der Waals surface area contributed by atoms with E-state index in [0.29, 0.717) is 24.4 Å². The first-order valence-electron chi connectivity index (χ1n) is 4.52. The summed E-state index contributed by atoms with van der Waals surface area (Å²) < 4.78 is 4.79. The molecule has 2 rings (SSSR count). The maximum Gasteiger partial charge on any atom is 0.414 e. The van der Waals surface area contributed by atoms with Gasteiger partial charge in [0, 0.05) is 11.3 Å². The van der Waals surface area contributed by atoms with Gasteiger partial charge in [-0.1, -0.05) is 6.07 Å². The van der Waals surface area contributed by atoms with Gasteiger partial charge >= 0.3 is 6.09 Å². The highest BCUT2D eigenvalue weighted by Crippen LogP contribution is 2.19. The molecule has 0 spiro atoms. The van der Waals surface area contributed by atoms with Crippen molar-refractivity contribution in [1.82, 2.24) is 0 Å². The summed E-state index contributed by atoms with van der Waals surface area (Å²) in [5.74, 6) is -0.510. The molecule has 78 valence electrons. The van der Waals surface area contributed by atoms with Gasteiger partial charge in [0.2, 0.25) is 5.91 Å². The predicted octanol–water partition coefficient (Wildman–Crippen LogP) is 0.742. The van der Waals surface area contributed by atoms with Crippen LogP contribution in [-0.2, 0) is 4.74 Å². The quantitative estimate of drug-likeness (QED) is 0.775. The number of benzene rings is 1. The van der Waals surface area contributed by atoms with Crippen molar-refractivity contribution in [3.63, 3.8) is 0 Å². The molecule has 0 radical (unpaired) electrons. The molecule has 5 heteroatoms. The minimum Gasteiger partial charge on any atom is -0.447 e. The lowest BCUT2D eigenvalue weighted by Gasteiger charge is -2.12. The number of ether oxygens (including phenoxy) is 1. The highest BCUT2D eigenvalue weighted by molar-refractivity contribution is 5.96. The zero-order chi connectivity index (χ0) is 10.8. The summed E-state index contributed by atoms with van der Waals surface area (Å²) in [5, 5.41) is 0. The van der Waals surface area contributed by atoms with E-state index < -0.39 is 12.0 Å². The third-order valence-electron chi connectivity index (χ3n) is 2.20. The maximum atomic E-state index is 11.2. The molecule has 2 amide bonds. The van der Waals surface area contributed by atoms with Gasteiger partial charge in [0.25, 0.3) is 0 Å². The smallest absolute Gasteiger partial charge is 0.414 e. The van der Waals surface area contributed by atoms with Crippen molar-refractivity contribution in [3.05, 3.63) is 29.8 Å². The van der Waals surface area contributed by atoms with Gasteiger partial charge in [-0.25, -0.2) is 4.79 Å². The standard InChI is InChI=1S/C10H10N2O3/c11-9(13)7-2-1-3-8(6-7)12-4-5-15-10(12)14/h1-3,6H,4-5H2,(H2,11,13). The molecule has 0 atom stereocenters. The van der Waals surface area contributed by atoms with Gasteiger partial charge in [0.05, 0.1) is 6.54 Å². The van der Waals surface area contributed by atoms with Crippen molar-refractivity contribution in [2.75, 3.05) is 18.1 Å². The van der Waals surface area contributed by atoms with Crippen LogP contribution in [0.2, 0.25) is 0 Å². The Balaban J connectivity index is 2.32. The summed E-state index contributed by atoms with van der Waals surface area (Å²) in [6, 6.07) is 6.60. The second-order valence-electron chi connectivity index (χ2n) is 3.18. The Kier molecular flexibility index (Phi) is 2.29. The summed E-state index contributed by atoms with van der Waals surface area (Å²) in [4.78, 5) is 23.6. The number of hydrogen-bond acceptors (Lipinski definition) is 3. The van der Waals surface area contributed by atoms with Crippen LogP contribution in [0.3, 0.4) is 0 Å². The average molecular weight is 206 g/mol. The van der Waals surface area contributed by atoms with Crippen molar-refractivity contribution >= 4 is 17.7 Å². The number of primary amides is 1. The third kappa shape index (κ3) is 1.76. The van der Waals surface area contributed by atoms with Gasteiger partial charge in [0.1, 0.15) is 6.61 Å². The van der Waals surface area contributed by atoms with Crippen molar-refractivity contribution in [2.45, 2.75) is 0 Å². The molecule has 1 saturated heterocycles. The number of hydrogen-bond donors (Lipinski definition) is 1. The van der Waals surface area contributed by atoms with E-state index in [1.807, 2.05) is 0 Å². The van der Waals surface area contributed by atoms with E-state index in [0.717, 1.165) is 0 Å². The molecule has 5 nitrogen and oxygen atoms in total. The Labute approximate surface area is 86.4 Å². The summed E-state index contributed by atoms with van der Waals surface area (Å²) in [7, 11) is 0. The summed E-state index contributed by atoms with van der Waals surface area (Å²) >= 11 is 0. The second-order valence-corrected chi connectivity index (χ2v) is 3.18. The Morgan fingerprint density at radius 3 is 2.87 bits per heavy atom. The van der Waals surface area contributed by atoms with Gasteiger partial charge in [-0.3, -0.25) is 9.69 Å². The van der Waals surface area contributed by atoms with E-state index in [2.05, 4.69) is 0 Å². The zero-order valence-electron chi connectivity index (χ0n) is 7.97. The van der Waals surface area contributed by atoms with Crippen molar-refractivity contribution in [2.24, 2.45) is 5.73 Å². The lowest BCUT2D eigenvalue weighted by atomic mass is 10.2. The molecular formula is C10H10N2O3. The van der Waals surface area contributed by atoms with Crippen molar-refractivity contribution in [1.29, 1.82) is 0 Å². The molecule has 1 aromatic rings. The number of anilines is 1. The monoisotopic (exact) mass is 206 g/mol. The average Bonchev–Trinajstić information content (AvgIpc) is 2.64. The molecule has 0 bridgehead atoms. The van der Waals surface area contributed by atoms with Gasteiger partial charge < -0.3 is 10.5 Å². The van der Waals surface area contributed by atoms with Crippen molar-refractivity contribution < 1.29 is 14.3 Å². The molecular weight excluding hydrogens is 196 g/mol. The van der Waals surface area contributed by atoms with Crippen LogP contribution in [0.5, 0.6) is 0 Å². The fourth-order valence-electron chi connectivity index (χ4n) is 1.46. The summed E-state index contributed by atoms with van der Waals surface area (Å²) in [6.45, 7) is 0.876. The molecule has 0 aliphatic carbocycles. The number of carbonyl (C=O) groups excluding carboxylic acids is 2. The lowest BCUT2D eigenvalue weighted by Crippen LogP contribution is -2.23. The summed E-state index contributed by atoms with van der Waals surface area (Å²) in [6.07, 6.45) is -0.392. The van der Waals surface area contributed by atoms with E-state index >= 15 is 0 Å². The molecule has 0 saturated carbocycles. The minimum absolute atomic E-state index is 0.375. The van der Waals surface area contributed by atoms with E-state index in [1.54, 1.807) is 24.3 Å². The summed E-state index contributed by atoms with van der Waals surface area (Å²) in [5.41, 5.74) is 6.16. The maximum absolute atomic E-state index is 11.2. The number of rotatable bonds is 2. The minimum atomic E-state index is -0.510. The van der Waals surface area contributed by atoms with Gasteiger partial charge in [-0.2, -0.15) is 0 Å². The molecule has 1 aliphatic heterocycles. The highest BCUT2D eigenvalue weighted by atomic mass is 16.6. The Bertz CT molecular complexity index is 417. The Hall–Kier alpha value is -2.04. The second kappa shape index (κ2) is 3.61. The predicted molar refractivity (Wildman–Crippen MR) is 53.7 cm³/mol. The lowest BCUT2D eigenvalue weighted by molar-refractivity contribution is 0.1000. The van der Waals surface area contributed by atoms with Crippen LogP contribution in [0.25, 0.3) is 0 Å². The molecule has 1 fully saturated rings. The first kappa shape index (κ1) is 9.51. The van der Waals surface area contributed by atoms with Crippen LogP contribution in [0, 0.1) is 0 Å². The SMILES string of the molecule is NC(=O)c1cccc(N2CCOC2=O)c1. The Morgan fingerprint density at radius 1 is 1.47 bits per heavy atom. The zero-order valence-corrected chi connectivity index (χ0v) is 7.97. The van der Waals surface area contributed by atoms with Gasteiger partial charge in [-0.05, 0) is 18.2 Å². The fourth-order valence-corrected chi connectivity index (χ4v) is 1.46. The van der Waals surface area contributed by atoms with E-state index in [4.69, 9.17) is 10.5 Å². The van der Waals surface area contributed by atoms with Crippen LogP contribution in [-0.4, -0.2) is 25.2 Å². The molecule has 1 aromatic carbocycles. The number of amides is 2. The third-order valence-corrected chi connectivity index (χ3v) is 2.20. The van der Waals surface area contributed by atoms with Gasteiger partial charge in [-0.15, -0.1) is 0 Å². The molecule has 0 aromatic heterocycles. The molecule has 2 N–H and O–H groups in total. The van der Waals surface area contributed by atoms with E-state index in [1.165, 1.54) is 4.90 Å².